The third-order valence-electron chi connectivity index (χ3n) is 4.22. The summed E-state index contributed by atoms with van der Waals surface area (Å²) in [6.07, 6.45) is 0. The molecule has 1 N–H and O–H groups in total. The lowest BCUT2D eigenvalue weighted by atomic mass is 10.1. The molecule has 1 heterocycles. The predicted molar refractivity (Wildman–Crippen MR) is 120 cm³/mol. The van der Waals surface area contributed by atoms with Crippen LogP contribution < -0.4 is 10.2 Å². The Morgan fingerprint density at radius 3 is 2.34 bits per heavy atom. The molecule has 0 saturated heterocycles. The monoisotopic (exact) mass is 406 g/mol. The molecule has 1 aromatic heterocycles. The first-order valence-electron chi connectivity index (χ1n) is 9.57. The van der Waals surface area contributed by atoms with Crippen molar-refractivity contribution in [2.45, 2.75) is 30.8 Å². The van der Waals surface area contributed by atoms with E-state index in [0.29, 0.717) is 5.56 Å². The molecule has 0 bridgehead atoms. The van der Waals surface area contributed by atoms with Gasteiger partial charge in [-0.2, -0.15) is 0 Å². The van der Waals surface area contributed by atoms with Crippen molar-refractivity contribution in [3.63, 3.8) is 0 Å². The fraction of sp³-hybridized carbons (Fsp3) is 0.261. The minimum atomic E-state index is -0.0475. The molecule has 0 atom stereocenters. The van der Waals surface area contributed by atoms with Crippen LogP contribution in [-0.2, 0) is 5.75 Å². The molecule has 3 aromatic rings. The minimum absolute atomic E-state index is 0.0475. The van der Waals surface area contributed by atoms with Crippen molar-refractivity contribution >= 4 is 23.5 Å². The van der Waals surface area contributed by atoms with Crippen LogP contribution in [-0.4, -0.2) is 36.0 Å². The van der Waals surface area contributed by atoms with E-state index in [1.807, 2.05) is 81.4 Å². The first-order valence-corrected chi connectivity index (χ1v) is 10.6. The van der Waals surface area contributed by atoms with Crippen LogP contribution in [0.25, 0.3) is 11.3 Å². The zero-order valence-corrected chi connectivity index (χ0v) is 18.0. The molecule has 0 spiro atoms. The highest BCUT2D eigenvalue weighted by Crippen LogP contribution is 2.26. The van der Waals surface area contributed by atoms with Crippen LogP contribution in [0.5, 0.6) is 0 Å². The number of carbonyl (C=O) groups excluding carboxylic acids is 1. The Balaban J connectivity index is 1.74. The van der Waals surface area contributed by atoms with Crippen LogP contribution >= 0.6 is 11.8 Å². The summed E-state index contributed by atoms with van der Waals surface area (Å²) in [6, 6.07) is 19.9. The maximum Gasteiger partial charge on any atom is 0.251 e. The fourth-order valence-corrected chi connectivity index (χ4v) is 3.52. The Bertz CT molecular complexity index is 956. The number of anilines is 1. The first kappa shape index (κ1) is 20.9. The van der Waals surface area contributed by atoms with Crippen molar-refractivity contribution in [3.8, 4) is 11.3 Å². The molecule has 3 rings (SSSR count). The van der Waals surface area contributed by atoms with E-state index in [0.717, 1.165) is 33.5 Å². The number of aromatic nitrogens is 2. The largest absolute Gasteiger partial charge is 0.363 e. The summed E-state index contributed by atoms with van der Waals surface area (Å²) in [5.41, 5.74) is 3.77. The maximum atomic E-state index is 12.1. The summed E-state index contributed by atoms with van der Waals surface area (Å²) in [7, 11) is 3.96. The Hall–Kier alpha value is -2.86. The summed E-state index contributed by atoms with van der Waals surface area (Å²) in [4.78, 5) is 23.5. The standard InChI is InChI=1S/C23H26N4OS/c1-16(2)24-22(28)19-12-10-17(11-13-19)15-29-23-25-20(14-21(26-23)27(3)4)18-8-6-5-7-9-18/h5-14,16H,15H2,1-4H3,(H,24,28). The van der Waals surface area contributed by atoms with Crippen molar-refractivity contribution in [3.05, 3.63) is 71.8 Å². The normalized spacial score (nSPS) is 10.8. The Kier molecular flexibility index (Phi) is 6.88. The zero-order chi connectivity index (χ0) is 20.8. The Morgan fingerprint density at radius 1 is 1.03 bits per heavy atom. The van der Waals surface area contributed by atoms with Gasteiger partial charge in [0.2, 0.25) is 0 Å². The van der Waals surface area contributed by atoms with Crippen LogP contribution in [0.2, 0.25) is 0 Å². The highest BCUT2D eigenvalue weighted by molar-refractivity contribution is 7.98. The van der Waals surface area contributed by atoms with Crippen molar-refractivity contribution < 1.29 is 4.79 Å². The van der Waals surface area contributed by atoms with Gasteiger partial charge in [0, 0.05) is 43.1 Å². The SMILES string of the molecule is CC(C)NC(=O)c1ccc(CSc2nc(-c3ccccc3)cc(N(C)C)n2)cc1. The number of hydrogen-bond acceptors (Lipinski definition) is 5. The summed E-state index contributed by atoms with van der Waals surface area (Å²) in [6.45, 7) is 3.91. The number of nitrogens with zero attached hydrogens (tertiary/aromatic N) is 3. The molecule has 2 aromatic carbocycles. The average Bonchev–Trinajstić information content (AvgIpc) is 2.72. The lowest BCUT2D eigenvalue weighted by Crippen LogP contribution is -2.29. The van der Waals surface area contributed by atoms with Gasteiger partial charge >= 0.3 is 0 Å². The van der Waals surface area contributed by atoms with Crippen molar-refractivity contribution in [2.75, 3.05) is 19.0 Å². The topological polar surface area (TPSA) is 58.1 Å². The average molecular weight is 407 g/mol. The van der Waals surface area contributed by atoms with Gasteiger partial charge in [0.25, 0.3) is 5.91 Å². The van der Waals surface area contributed by atoms with Crippen molar-refractivity contribution in [2.24, 2.45) is 0 Å². The summed E-state index contributed by atoms with van der Waals surface area (Å²) < 4.78 is 0. The second-order valence-corrected chi connectivity index (χ2v) is 8.21. The van der Waals surface area contributed by atoms with E-state index in [1.54, 1.807) is 11.8 Å². The molecule has 0 radical (unpaired) electrons. The Morgan fingerprint density at radius 2 is 1.72 bits per heavy atom. The van der Waals surface area contributed by atoms with Crippen molar-refractivity contribution in [1.29, 1.82) is 0 Å². The van der Waals surface area contributed by atoms with E-state index in [2.05, 4.69) is 22.4 Å². The molecule has 0 saturated carbocycles. The minimum Gasteiger partial charge on any atom is -0.363 e. The fourth-order valence-electron chi connectivity index (χ4n) is 2.71. The van der Waals surface area contributed by atoms with E-state index < -0.39 is 0 Å². The van der Waals surface area contributed by atoms with E-state index >= 15 is 0 Å². The van der Waals surface area contributed by atoms with Gasteiger partial charge in [-0.15, -0.1) is 0 Å². The number of hydrogen-bond donors (Lipinski definition) is 1. The third-order valence-corrected chi connectivity index (χ3v) is 5.14. The highest BCUT2D eigenvalue weighted by atomic mass is 32.2. The van der Waals surface area contributed by atoms with Crippen LogP contribution in [0.4, 0.5) is 5.82 Å². The summed E-state index contributed by atoms with van der Waals surface area (Å²) >= 11 is 1.59. The van der Waals surface area contributed by atoms with E-state index in [1.165, 1.54) is 0 Å². The van der Waals surface area contributed by atoms with Gasteiger partial charge in [-0.25, -0.2) is 9.97 Å². The molecule has 0 aliphatic heterocycles. The van der Waals surface area contributed by atoms with Crippen LogP contribution in [0.3, 0.4) is 0 Å². The second kappa shape index (κ2) is 9.56. The van der Waals surface area contributed by atoms with Gasteiger partial charge in [0.05, 0.1) is 5.69 Å². The molecule has 0 unspecified atom stereocenters. The van der Waals surface area contributed by atoms with Gasteiger partial charge in [0.15, 0.2) is 5.16 Å². The molecule has 0 aliphatic carbocycles. The van der Waals surface area contributed by atoms with E-state index in [4.69, 9.17) is 4.98 Å². The maximum absolute atomic E-state index is 12.1. The quantitative estimate of drug-likeness (QED) is 0.458. The van der Waals surface area contributed by atoms with Gasteiger partial charge in [0.1, 0.15) is 5.82 Å². The molecule has 1 amide bonds. The number of benzene rings is 2. The van der Waals surface area contributed by atoms with Crippen LogP contribution in [0.15, 0.2) is 65.8 Å². The molecular formula is C23H26N4OS. The van der Waals surface area contributed by atoms with Gasteiger partial charge in [-0.05, 0) is 31.5 Å². The van der Waals surface area contributed by atoms with Crippen molar-refractivity contribution in [1.82, 2.24) is 15.3 Å². The molecule has 150 valence electrons. The molecule has 5 nitrogen and oxygen atoms in total. The third kappa shape index (κ3) is 5.81. The molecular weight excluding hydrogens is 380 g/mol. The van der Waals surface area contributed by atoms with Gasteiger partial charge in [-0.3, -0.25) is 4.79 Å². The number of thioether (sulfide) groups is 1. The lowest BCUT2D eigenvalue weighted by Gasteiger charge is -2.14. The molecule has 29 heavy (non-hydrogen) atoms. The first-order chi connectivity index (χ1) is 13.9. The molecule has 0 aliphatic rings. The van der Waals surface area contributed by atoms with E-state index in [-0.39, 0.29) is 11.9 Å². The predicted octanol–water partition coefficient (Wildman–Crippen LogP) is 4.64. The van der Waals surface area contributed by atoms with Gasteiger partial charge < -0.3 is 10.2 Å². The molecule has 0 fully saturated rings. The zero-order valence-electron chi connectivity index (χ0n) is 17.2. The Labute approximate surface area is 176 Å². The number of amides is 1. The summed E-state index contributed by atoms with van der Waals surface area (Å²) in [5, 5.41) is 3.64. The van der Waals surface area contributed by atoms with Crippen LogP contribution in [0, 0.1) is 0 Å². The summed E-state index contributed by atoms with van der Waals surface area (Å²) in [5.74, 6) is 1.56. The van der Waals surface area contributed by atoms with Gasteiger partial charge in [-0.1, -0.05) is 54.2 Å². The lowest BCUT2D eigenvalue weighted by molar-refractivity contribution is 0.0943. The highest BCUT2D eigenvalue weighted by Gasteiger charge is 2.10. The number of nitrogens with one attached hydrogen (secondary N) is 1. The second-order valence-electron chi connectivity index (χ2n) is 7.27. The smallest absolute Gasteiger partial charge is 0.251 e. The molecule has 6 heteroatoms. The number of carbonyl (C=O) groups is 1. The van der Waals surface area contributed by atoms with E-state index in [9.17, 15) is 4.79 Å². The number of rotatable bonds is 7. The van der Waals surface area contributed by atoms with Crippen LogP contribution in [0.1, 0.15) is 29.8 Å².